The molecule has 0 saturated carbocycles. The number of sulfonamides is 1. The predicted octanol–water partition coefficient (Wildman–Crippen LogP) is 5.70. The van der Waals surface area contributed by atoms with Gasteiger partial charge in [0.1, 0.15) is 17.3 Å². The van der Waals surface area contributed by atoms with Crippen molar-refractivity contribution in [3.8, 4) is 5.75 Å². The smallest absolute Gasteiger partial charge is 0.297 e. The molecule has 13 nitrogen and oxygen atoms in total. The molecule has 1 aromatic heterocycles. The number of aromatic nitrogens is 2. The summed E-state index contributed by atoms with van der Waals surface area (Å²) in [6.07, 6.45) is 1.55. The molecule has 0 aliphatic carbocycles. The average molecular weight is 706 g/mol. The number of rotatable bonds is 8. The Hall–Kier alpha value is -5.57. The summed E-state index contributed by atoms with van der Waals surface area (Å²) in [6, 6.07) is 21.4. The third kappa shape index (κ3) is 5.88. The van der Waals surface area contributed by atoms with Crippen molar-refractivity contribution in [3.63, 3.8) is 0 Å². The molecule has 4 aromatic carbocycles. The van der Waals surface area contributed by atoms with E-state index in [1.807, 2.05) is 0 Å². The van der Waals surface area contributed by atoms with Gasteiger partial charge in [-0.25, -0.2) is 18.4 Å². The summed E-state index contributed by atoms with van der Waals surface area (Å²) in [6.45, 7) is 1.53. The summed E-state index contributed by atoms with van der Waals surface area (Å²) in [5, 5.41) is 11.5. The first-order chi connectivity index (χ1) is 22.9. The number of benzene rings is 4. The molecule has 1 aliphatic rings. The van der Waals surface area contributed by atoms with E-state index in [1.54, 1.807) is 60.7 Å². The van der Waals surface area contributed by atoms with Gasteiger partial charge in [-0.3, -0.25) is 24.4 Å². The number of hydrogen-bond acceptors (Lipinski definition) is 9. The van der Waals surface area contributed by atoms with Crippen molar-refractivity contribution in [2.75, 3.05) is 16.8 Å². The topological polar surface area (TPSA) is 166 Å². The Labute approximate surface area is 282 Å². The van der Waals surface area contributed by atoms with E-state index in [0.29, 0.717) is 16.9 Å². The highest BCUT2D eigenvalue weighted by Crippen LogP contribution is 2.36. The lowest BCUT2D eigenvalue weighted by Gasteiger charge is -2.22. The average Bonchev–Trinajstić information content (AvgIpc) is 3.38. The third-order valence-electron chi connectivity index (χ3n) is 7.27. The molecule has 0 fully saturated rings. The van der Waals surface area contributed by atoms with Crippen LogP contribution in [-0.4, -0.2) is 41.9 Å². The molecule has 48 heavy (non-hydrogen) atoms. The van der Waals surface area contributed by atoms with Crippen LogP contribution in [0.1, 0.15) is 17.0 Å². The minimum absolute atomic E-state index is 0.0159. The zero-order chi connectivity index (χ0) is 34.3. The van der Waals surface area contributed by atoms with Crippen molar-refractivity contribution in [1.82, 2.24) is 9.66 Å². The SMILES string of the molecule is COc1ccccc1C=C1N=C(c2ccccc2)N(n2c(C)nc3ccc(S(=O)(=O)Nc4c(Cl)cc([N+](=O)[O-])cc4Cl)cc3c2=O)C1=O. The van der Waals surface area contributed by atoms with E-state index in [1.165, 1.54) is 26.2 Å². The number of aryl methyl sites for hydroxylation is 1. The summed E-state index contributed by atoms with van der Waals surface area (Å²) in [5.41, 5.74) is -0.191. The van der Waals surface area contributed by atoms with E-state index in [9.17, 15) is 28.1 Å². The van der Waals surface area contributed by atoms with Gasteiger partial charge in [-0.1, -0.05) is 71.7 Å². The normalized spacial score (nSPS) is 14.0. The van der Waals surface area contributed by atoms with Crippen LogP contribution in [0.15, 0.2) is 105 Å². The number of nitro groups is 1. The number of carbonyl (C=O) groups excluding carboxylic acids is 1. The molecule has 1 aliphatic heterocycles. The van der Waals surface area contributed by atoms with Crippen LogP contribution in [0.25, 0.3) is 17.0 Å². The molecule has 5 aromatic rings. The summed E-state index contributed by atoms with van der Waals surface area (Å²) < 4.78 is 35.6. The predicted molar refractivity (Wildman–Crippen MR) is 182 cm³/mol. The molecule has 242 valence electrons. The highest BCUT2D eigenvalue weighted by atomic mass is 35.5. The molecular formula is C32H22Cl2N6O7S. The fraction of sp³-hybridized carbons (Fsp3) is 0.0625. The number of amides is 1. The van der Waals surface area contributed by atoms with Crippen LogP contribution in [0.4, 0.5) is 11.4 Å². The van der Waals surface area contributed by atoms with E-state index < -0.39 is 32.1 Å². The summed E-state index contributed by atoms with van der Waals surface area (Å²) in [7, 11) is -2.94. The molecular weight excluding hydrogens is 683 g/mol. The largest absolute Gasteiger partial charge is 0.496 e. The zero-order valence-electron chi connectivity index (χ0n) is 24.9. The maximum atomic E-state index is 14.2. The van der Waals surface area contributed by atoms with Crippen LogP contribution in [0.2, 0.25) is 10.0 Å². The maximum absolute atomic E-state index is 14.2. The second-order valence-corrected chi connectivity index (χ2v) is 12.8. The third-order valence-corrected chi connectivity index (χ3v) is 9.21. The van der Waals surface area contributed by atoms with E-state index in [0.717, 1.165) is 27.9 Å². The number of nitrogens with zero attached hydrogens (tertiary/aromatic N) is 5. The Morgan fingerprint density at radius 1 is 0.958 bits per heavy atom. The van der Waals surface area contributed by atoms with Gasteiger partial charge >= 0.3 is 0 Å². The van der Waals surface area contributed by atoms with Crippen molar-refractivity contribution in [2.24, 2.45) is 4.99 Å². The fourth-order valence-corrected chi connectivity index (χ4v) is 6.83. The number of anilines is 1. The number of nitrogens with one attached hydrogen (secondary N) is 1. The Morgan fingerprint density at radius 2 is 1.62 bits per heavy atom. The van der Waals surface area contributed by atoms with Crippen LogP contribution >= 0.6 is 23.2 Å². The Bertz CT molecular complexity index is 2370. The maximum Gasteiger partial charge on any atom is 0.297 e. The zero-order valence-corrected chi connectivity index (χ0v) is 27.2. The van der Waals surface area contributed by atoms with Crippen molar-refractivity contribution < 1.29 is 22.9 Å². The van der Waals surface area contributed by atoms with Gasteiger partial charge in [-0.15, -0.1) is 0 Å². The lowest BCUT2D eigenvalue weighted by molar-refractivity contribution is -0.384. The lowest BCUT2D eigenvalue weighted by Crippen LogP contribution is -2.49. The minimum Gasteiger partial charge on any atom is -0.496 e. The number of aliphatic imine (C=N–C) groups is 1. The fourth-order valence-electron chi connectivity index (χ4n) is 5.03. The standard InChI is InChI=1S/C32H22Cl2N6O7S/c1-18-35-26-13-12-22(48(45,46)37-29-24(33)15-21(40(43)44)16-25(29)34)17-23(26)31(41)38(18)39-30(19-8-4-3-5-9-19)36-27(32(39)42)14-20-10-6-7-11-28(20)47-2/h3-17,37H,1-2H3. The molecule has 0 bridgehead atoms. The van der Waals surface area contributed by atoms with E-state index in [-0.39, 0.29) is 48.9 Å². The monoisotopic (exact) mass is 704 g/mol. The number of amidine groups is 1. The molecule has 0 atom stereocenters. The Kier molecular flexibility index (Phi) is 8.47. The molecule has 1 N–H and O–H groups in total. The van der Waals surface area contributed by atoms with Crippen LogP contribution in [0, 0.1) is 17.0 Å². The van der Waals surface area contributed by atoms with Gasteiger partial charge in [-0.2, -0.15) is 9.69 Å². The number of hydrogen-bond donors (Lipinski definition) is 1. The number of para-hydroxylation sites is 1. The molecule has 6 rings (SSSR count). The molecule has 1 amide bonds. The highest BCUT2D eigenvalue weighted by Gasteiger charge is 2.35. The minimum atomic E-state index is -4.45. The van der Waals surface area contributed by atoms with Crippen molar-refractivity contribution in [3.05, 3.63) is 138 Å². The first-order valence-corrected chi connectivity index (χ1v) is 16.2. The van der Waals surface area contributed by atoms with Crippen LogP contribution < -0.4 is 20.0 Å². The molecule has 0 saturated heterocycles. The van der Waals surface area contributed by atoms with Gasteiger partial charge in [0.25, 0.3) is 27.2 Å². The molecule has 0 radical (unpaired) electrons. The highest BCUT2D eigenvalue weighted by molar-refractivity contribution is 7.92. The van der Waals surface area contributed by atoms with Gasteiger partial charge in [0, 0.05) is 23.3 Å². The summed E-state index contributed by atoms with van der Waals surface area (Å²) in [4.78, 5) is 47.4. The number of nitro benzene ring substituents is 1. The number of halogens is 2. The Morgan fingerprint density at radius 3 is 2.29 bits per heavy atom. The van der Waals surface area contributed by atoms with Gasteiger partial charge in [0.2, 0.25) is 0 Å². The second kappa shape index (κ2) is 12.6. The second-order valence-electron chi connectivity index (χ2n) is 10.3. The van der Waals surface area contributed by atoms with Crippen molar-refractivity contribution in [1.29, 1.82) is 0 Å². The van der Waals surface area contributed by atoms with Crippen LogP contribution in [0.3, 0.4) is 0 Å². The van der Waals surface area contributed by atoms with Crippen molar-refractivity contribution >= 4 is 73.3 Å². The van der Waals surface area contributed by atoms with Crippen LogP contribution in [-0.2, 0) is 14.8 Å². The molecule has 16 heteroatoms. The first-order valence-electron chi connectivity index (χ1n) is 13.9. The van der Waals surface area contributed by atoms with E-state index in [2.05, 4.69) is 14.7 Å². The number of ether oxygens (including phenoxy) is 1. The summed E-state index contributed by atoms with van der Waals surface area (Å²) >= 11 is 12.2. The number of carbonyl (C=O) groups is 1. The molecule has 0 unspecified atom stereocenters. The lowest BCUT2D eigenvalue weighted by atomic mass is 10.1. The number of methoxy groups -OCH3 is 1. The van der Waals surface area contributed by atoms with Gasteiger partial charge < -0.3 is 4.74 Å². The van der Waals surface area contributed by atoms with Gasteiger partial charge in [0.15, 0.2) is 5.84 Å². The quantitative estimate of drug-likeness (QED) is 0.122. The van der Waals surface area contributed by atoms with E-state index in [4.69, 9.17) is 27.9 Å². The van der Waals surface area contributed by atoms with Gasteiger partial charge in [-0.05, 0) is 37.3 Å². The summed E-state index contributed by atoms with van der Waals surface area (Å²) in [5.74, 6) is 0.133. The first kappa shape index (κ1) is 32.4. The van der Waals surface area contributed by atoms with Crippen molar-refractivity contribution in [2.45, 2.75) is 11.8 Å². The van der Waals surface area contributed by atoms with Gasteiger partial charge in [0.05, 0.1) is 43.6 Å². The molecule has 0 spiro atoms. The van der Waals surface area contributed by atoms with Crippen LogP contribution in [0.5, 0.6) is 5.75 Å². The molecule has 2 heterocycles. The number of fused-ring (bicyclic) bond motifs is 1. The number of non-ortho nitro benzene ring substituents is 1. The Balaban J connectivity index is 1.47. The van der Waals surface area contributed by atoms with E-state index >= 15 is 0 Å².